The molecule has 4 aromatic rings. The van der Waals surface area contributed by atoms with E-state index in [1.165, 1.54) is 24.3 Å². The van der Waals surface area contributed by atoms with Gasteiger partial charge in [-0.1, -0.05) is 35.9 Å². The van der Waals surface area contributed by atoms with Gasteiger partial charge in [-0.15, -0.1) is 0 Å². The molecule has 0 spiro atoms. The number of carbonyl (C=O) groups excluding carboxylic acids is 3. The summed E-state index contributed by atoms with van der Waals surface area (Å²) >= 11 is 0. The van der Waals surface area contributed by atoms with E-state index in [4.69, 9.17) is 28.7 Å². The molecule has 2 aliphatic heterocycles. The maximum atomic E-state index is 13.9. The first-order chi connectivity index (χ1) is 28.0. The third-order valence-electron chi connectivity index (χ3n) is 9.82. The Balaban J connectivity index is 1.30. The SMILES string of the molecule is CCOc1nc(Cc2ccc(C(=O)O[C@@H](C(=O)O)[C@@H](OC(=O)c3ccc(C)cc3)C(=O)O)cc2)c(C)c2c1[C@H]1C(=C(C)N2)C(=O)OC(C)(C)COc2cc(C#N)ccc21. The van der Waals surface area contributed by atoms with Gasteiger partial charge in [0.15, 0.2) is 0 Å². The highest BCUT2D eigenvalue weighted by Crippen LogP contribution is 2.51. The molecule has 15 heteroatoms. The van der Waals surface area contributed by atoms with E-state index in [1.54, 1.807) is 70.2 Å². The molecular formula is C44H41N3O12. The summed E-state index contributed by atoms with van der Waals surface area (Å²) < 4.78 is 28.4. The summed E-state index contributed by atoms with van der Waals surface area (Å²) in [6, 6.07) is 19.2. The standard InChI is InChI=1S/C44H41N3O12/c1-7-55-38-34-33-29-17-12-26(20-45)19-31(29)56-21-44(5,6)59-43(54)32(33)24(4)46-35(34)23(3)30(47-38)18-25-10-15-28(16-11-25)42(53)58-37(40(50)51)36(39(48)49)57-41(52)27-13-8-22(2)9-14-27/h8-17,19,33,36-37,46H,7,18,21H2,1-6H3,(H,48,49)(H,50,51)/t33-,36-,37-/m1/s1. The number of carbonyl (C=O) groups is 5. The number of benzene rings is 3. The average molecular weight is 804 g/mol. The van der Waals surface area contributed by atoms with Crippen LogP contribution < -0.4 is 14.8 Å². The number of fused-ring (bicyclic) bond motifs is 5. The summed E-state index contributed by atoms with van der Waals surface area (Å²) in [6.07, 6.45) is -4.46. The molecule has 59 heavy (non-hydrogen) atoms. The van der Waals surface area contributed by atoms with E-state index in [0.29, 0.717) is 50.7 Å². The normalized spacial score (nSPS) is 16.3. The first-order valence-corrected chi connectivity index (χ1v) is 18.6. The molecule has 0 amide bonds. The van der Waals surface area contributed by atoms with E-state index in [1.807, 2.05) is 13.8 Å². The van der Waals surface area contributed by atoms with Crippen LogP contribution in [0.15, 0.2) is 78.0 Å². The molecular weight excluding hydrogens is 762 g/mol. The summed E-state index contributed by atoms with van der Waals surface area (Å²) in [4.78, 5) is 68.8. The minimum Gasteiger partial charge on any atom is -0.489 e. The van der Waals surface area contributed by atoms with Gasteiger partial charge in [-0.2, -0.15) is 5.26 Å². The summed E-state index contributed by atoms with van der Waals surface area (Å²) in [5.41, 5.74) is 4.85. The van der Waals surface area contributed by atoms with Crippen molar-refractivity contribution >= 4 is 35.5 Å². The molecule has 0 saturated heterocycles. The van der Waals surface area contributed by atoms with Gasteiger partial charge in [0, 0.05) is 17.7 Å². The second-order valence-electron chi connectivity index (χ2n) is 14.7. The fourth-order valence-corrected chi connectivity index (χ4v) is 6.81. The summed E-state index contributed by atoms with van der Waals surface area (Å²) in [7, 11) is 0. The summed E-state index contributed by atoms with van der Waals surface area (Å²) in [5, 5.41) is 32.7. The number of aliphatic carboxylic acids is 2. The van der Waals surface area contributed by atoms with E-state index in [0.717, 1.165) is 11.1 Å². The molecule has 1 aromatic heterocycles. The highest BCUT2D eigenvalue weighted by molar-refractivity contribution is 5.97. The Hall–Kier alpha value is -7.21. The largest absolute Gasteiger partial charge is 0.489 e. The molecule has 3 aromatic carbocycles. The van der Waals surface area contributed by atoms with E-state index in [9.17, 15) is 39.4 Å². The van der Waals surface area contributed by atoms with Crippen LogP contribution in [0.5, 0.6) is 11.6 Å². The zero-order chi connectivity index (χ0) is 42.8. The average Bonchev–Trinajstić information content (AvgIpc) is 3.23. The van der Waals surface area contributed by atoms with Crippen LogP contribution in [0, 0.1) is 25.2 Å². The van der Waals surface area contributed by atoms with Crippen molar-refractivity contribution in [3.63, 3.8) is 0 Å². The first kappa shape index (κ1) is 41.4. The molecule has 304 valence electrons. The number of cyclic esters (lactones) is 1. The number of aromatic nitrogens is 1. The van der Waals surface area contributed by atoms with Gasteiger partial charge in [0.2, 0.25) is 18.1 Å². The monoisotopic (exact) mass is 803 g/mol. The maximum absolute atomic E-state index is 13.9. The molecule has 0 aliphatic carbocycles. The summed E-state index contributed by atoms with van der Waals surface area (Å²) in [6.45, 7) is 11.0. The van der Waals surface area contributed by atoms with Crippen LogP contribution in [-0.4, -0.2) is 76.1 Å². The number of rotatable bonds is 11. The van der Waals surface area contributed by atoms with Gasteiger partial charge >= 0.3 is 29.8 Å². The predicted molar refractivity (Wildman–Crippen MR) is 209 cm³/mol. The van der Waals surface area contributed by atoms with Crippen LogP contribution in [0.3, 0.4) is 0 Å². The van der Waals surface area contributed by atoms with Crippen molar-refractivity contribution in [3.05, 3.63) is 128 Å². The molecule has 0 bridgehead atoms. The quantitative estimate of drug-likeness (QED) is 0.116. The molecule has 6 rings (SSSR count). The van der Waals surface area contributed by atoms with Crippen molar-refractivity contribution in [2.45, 2.75) is 71.7 Å². The van der Waals surface area contributed by atoms with Crippen LogP contribution in [-0.2, 0) is 35.0 Å². The van der Waals surface area contributed by atoms with E-state index >= 15 is 0 Å². The lowest BCUT2D eigenvalue weighted by molar-refractivity contribution is -0.166. The molecule has 3 N–H and O–H groups in total. The number of pyridine rings is 1. The third kappa shape index (κ3) is 8.71. The van der Waals surface area contributed by atoms with Gasteiger partial charge in [-0.05, 0) is 89.1 Å². The van der Waals surface area contributed by atoms with Crippen molar-refractivity contribution in [2.75, 3.05) is 18.5 Å². The van der Waals surface area contributed by atoms with E-state index < -0.39 is 53.6 Å². The number of nitrogens with zero attached hydrogens (tertiary/aromatic N) is 2. The lowest BCUT2D eigenvalue weighted by atomic mass is 9.79. The van der Waals surface area contributed by atoms with Gasteiger partial charge < -0.3 is 39.2 Å². The number of hydrogen-bond donors (Lipinski definition) is 3. The molecule has 15 nitrogen and oxygen atoms in total. The number of esters is 3. The third-order valence-corrected chi connectivity index (χ3v) is 9.82. The fourth-order valence-electron chi connectivity index (χ4n) is 6.81. The van der Waals surface area contributed by atoms with Crippen LogP contribution >= 0.6 is 0 Å². The van der Waals surface area contributed by atoms with Crippen molar-refractivity contribution in [3.8, 4) is 17.7 Å². The Labute approximate surface area is 339 Å². The molecule has 0 fully saturated rings. The minimum absolute atomic E-state index is 0.0174. The highest BCUT2D eigenvalue weighted by atomic mass is 16.6. The smallest absolute Gasteiger partial charge is 0.349 e. The Morgan fingerprint density at radius 3 is 2.08 bits per heavy atom. The van der Waals surface area contributed by atoms with Crippen molar-refractivity contribution < 1.29 is 57.9 Å². The van der Waals surface area contributed by atoms with E-state index in [-0.39, 0.29) is 36.6 Å². The van der Waals surface area contributed by atoms with Crippen LogP contribution in [0.4, 0.5) is 5.69 Å². The molecule has 2 aliphatic rings. The Kier molecular flexibility index (Phi) is 11.7. The minimum atomic E-state index is -2.36. The number of nitriles is 1. The Bertz CT molecular complexity index is 2430. The van der Waals surface area contributed by atoms with Crippen LogP contribution in [0.2, 0.25) is 0 Å². The zero-order valence-corrected chi connectivity index (χ0v) is 33.1. The topological polar surface area (TPSA) is 221 Å². The second kappa shape index (κ2) is 16.7. The summed E-state index contributed by atoms with van der Waals surface area (Å²) in [5.74, 6) is -6.54. The molecule has 0 unspecified atom stereocenters. The lowest BCUT2D eigenvalue weighted by Gasteiger charge is -2.33. The zero-order valence-electron chi connectivity index (χ0n) is 33.1. The number of allylic oxidation sites excluding steroid dienone is 1. The molecule has 0 saturated carbocycles. The van der Waals surface area contributed by atoms with E-state index in [2.05, 4.69) is 11.4 Å². The Morgan fingerprint density at radius 1 is 0.932 bits per heavy atom. The molecule has 0 radical (unpaired) electrons. The molecule has 3 atom stereocenters. The number of ether oxygens (including phenoxy) is 5. The van der Waals surface area contributed by atoms with Crippen LogP contribution in [0.1, 0.15) is 93.4 Å². The number of carboxylic acids is 2. The van der Waals surface area contributed by atoms with Gasteiger partial charge in [-0.3, -0.25) is 0 Å². The number of carboxylic acid groups (broad SMARTS) is 2. The van der Waals surface area contributed by atoms with Crippen molar-refractivity contribution in [1.82, 2.24) is 4.98 Å². The number of hydrogen-bond acceptors (Lipinski definition) is 13. The first-order valence-electron chi connectivity index (χ1n) is 18.6. The van der Waals surface area contributed by atoms with Gasteiger partial charge in [-0.25, -0.2) is 29.0 Å². The molecule has 3 heterocycles. The van der Waals surface area contributed by atoms with Crippen molar-refractivity contribution in [1.29, 1.82) is 5.26 Å². The predicted octanol–water partition coefficient (Wildman–Crippen LogP) is 6.03. The second-order valence-corrected chi connectivity index (χ2v) is 14.7. The van der Waals surface area contributed by atoms with Gasteiger partial charge in [0.05, 0.1) is 57.8 Å². The van der Waals surface area contributed by atoms with Gasteiger partial charge in [0.1, 0.15) is 18.0 Å². The highest BCUT2D eigenvalue weighted by Gasteiger charge is 2.43. The van der Waals surface area contributed by atoms with Crippen LogP contribution in [0.25, 0.3) is 0 Å². The Morgan fingerprint density at radius 2 is 1.53 bits per heavy atom. The van der Waals surface area contributed by atoms with Crippen molar-refractivity contribution in [2.24, 2.45) is 0 Å². The fraction of sp³-hybridized carbons (Fsp3) is 0.295. The lowest BCUT2D eigenvalue weighted by Crippen LogP contribution is -2.45. The number of anilines is 1. The number of nitrogens with one attached hydrogen (secondary N) is 1. The number of aryl methyl sites for hydroxylation is 1. The van der Waals surface area contributed by atoms with Gasteiger partial charge in [0.25, 0.3) is 0 Å². The maximum Gasteiger partial charge on any atom is 0.349 e.